The fourth-order valence-corrected chi connectivity index (χ4v) is 3.86. The zero-order valence-electron chi connectivity index (χ0n) is 6.32. The van der Waals surface area contributed by atoms with Gasteiger partial charge in [0.2, 0.25) is 0 Å². The monoisotopic (exact) mass is 234 g/mol. The van der Waals surface area contributed by atoms with E-state index in [4.69, 9.17) is 2.54 Å². The van der Waals surface area contributed by atoms with Crippen molar-refractivity contribution in [2.75, 3.05) is 0 Å². The average Bonchev–Trinajstić information content (AvgIpc) is 1.67. The van der Waals surface area contributed by atoms with E-state index in [-0.39, 0.29) is 0 Å². The van der Waals surface area contributed by atoms with Gasteiger partial charge in [0, 0.05) is 0 Å². The van der Waals surface area contributed by atoms with Gasteiger partial charge in [0.1, 0.15) is 0 Å². The molecule has 1 nitrogen and oxygen atoms in total. The van der Waals surface area contributed by atoms with Crippen molar-refractivity contribution in [1.82, 2.24) is 0 Å². The fourth-order valence-electron chi connectivity index (χ4n) is 0.704. The van der Waals surface area contributed by atoms with E-state index in [1.807, 2.05) is 0 Å². The van der Waals surface area contributed by atoms with Crippen LogP contribution in [0.5, 0.6) is 0 Å². The Bertz CT molecular complexity index is 65.4. The van der Waals surface area contributed by atoms with Gasteiger partial charge >= 0.3 is 68.2 Å². The van der Waals surface area contributed by atoms with Gasteiger partial charge in [-0.3, -0.25) is 0 Å². The zero-order chi connectivity index (χ0) is 6.62. The molecule has 48 valence electrons. The summed E-state index contributed by atoms with van der Waals surface area (Å²) in [5.74, 6) is 0. The van der Waals surface area contributed by atoms with Crippen molar-refractivity contribution in [2.45, 2.75) is 32.5 Å². The molecule has 0 aliphatic rings. The minimum atomic E-state index is -1.08. The third kappa shape index (κ3) is 3.98. The van der Waals surface area contributed by atoms with Gasteiger partial charge in [-0.2, -0.15) is 0 Å². The van der Waals surface area contributed by atoms with Gasteiger partial charge in [-0.1, -0.05) is 0 Å². The molecule has 0 fully saturated rings. The van der Waals surface area contributed by atoms with Gasteiger partial charge < -0.3 is 0 Å². The van der Waals surface area contributed by atoms with Crippen LogP contribution in [0, 0.1) is 0 Å². The van der Waals surface area contributed by atoms with E-state index in [1.54, 1.807) is 0 Å². The number of hydrogen-bond acceptors (Lipinski definition) is 1. The van der Waals surface area contributed by atoms with Crippen LogP contribution in [0.15, 0.2) is 0 Å². The first-order valence-electron chi connectivity index (χ1n) is 3.17. The zero-order valence-corrected chi connectivity index (χ0v) is 13.0. The second-order valence-electron chi connectivity index (χ2n) is 2.71. The summed E-state index contributed by atoms with van der Waals surface area (Å²) in [6.07, 6.45) is 1.29. The molecule has 3 heteroatoms. The van der Waals surface area contributed by atoms with Crippen LogP contribution in [-0.2, 0) is 2.54 Å². The van der Waals surface area contributed by atoms with E-state index in [1.165, 1.54) is 12.5 Å². The molecule has 8 heavy (non-hydrogen) atoms. The van der Waals surface area contributed by atoms with E-state index in [0.29, 0.717) is 24.8 Å². The first kappa shape index (κ1) is 9.05. The SMILES string of the molecule is CCC[Si](C)(C)[O][InH2]. The molecule has 0 N–H and O–H groups in total. The summed E-state index contributed by atoms with van der Waals surface area (Å²) >= 11 is 0.464. The molecule has 0 bridgehead atoms. The maximum atomic E-state index is 5.53. The topological polar surface area (TPSA) is 9.23 Å². The van der Waals surface area contributed by atoms with E-state index in [9.17, 15) is 0 Å². The maximum absolute atomic E-state index is 5.53. The van der Waals surface area contributed by atoms with Gasteiger partial charge in [0.15, 0.2) is 0 Å². The summed E-state index contributed by atoms with van der Waals surface area (Å²) in [6.45, 7) is 6.82. The van der Waals surface area contributed by atoms with Crippen molar-refractivity contribution < 1.29 is 2.54 Å². The molecule has 0 aromatic rings. The summed E-state index contributed by atoms with van der Waals surface area (Å²) < 4.78 is 5.53. The molecular formula is C5H15InOSi. The summed E-state index contributed by atoms with van der Waals surface area (Å²) in [6, 6.07) is 1.33. The van der Waals surface area contributed by atoms with Gasteiger partial charge in [-0.05, 0) is 0 Å². The van der Waals surface area contributed by atoms with Gasteiger partial charge in [0.05, 0.1) is 0 Å². The number of rotatable bonds is 3. The third-order valence-electron chi connectivity index (χ3n) is 1.40. The Morgan fingerprint density at radius 2 is 2.00 bits per heavy atom. The summed E-state index contributed by atoms with van der Waals surface area (Å²) in [7, 11) is -1.08. The third-order valence-corrected chi connectivity index (χ3v) is 13.7. The molecule has 0 rings (SSSR count). The van der Waals surface area contributed by atoms with Gasteiger partial charge in [-0.15, -0.1) is 0 Å². The minimum absolute atomic E-state index is 0.464. The van der Waals surface area contributed by atoms with Crippen molar-refractivity contribution in [1.29, 1.82) is 0 Å². The first-order chi connectivity index (χ1) is 3.62. The quantitative estimate of drug-likeness (QED) is 0.666. The molecule has 0 atom stereocenters. The second kappa shape index (κ2) is 3.96. The molecule has 0 saturated heterocycles. The van der Waals surface area contributed by atoms with Crippen LogP contribution in [0.25, 0.3) is 0 Å². The Balaban J connectivity index is 3.37. The van der Waals surface area contributed by atoms with Crippen molar-refractivity contribution in [3.63, 3.8) is 0 Å². The molecule has 0 aromatic heterocycles. The second-order valence-corrected chi connectivity index (χ2v) is 10.6. The standard InChI is InChI=1S/C5H13OSi.In.2H/c1-4-5-7(2,3)6;;;/h4-5H2,1-3H3;;;/q-1;+1;;. The Labute approximate surface area is 68.1 Å². The molecule has 0 aliphatic heterocycles. The Morgan fingerprint density at radius 3 is 2.12 bits per heavy atom. The molecule has 0 radical (unpaired) electrons. The molecule has 0 unspecified atom stereocenters. The van der Waals surface area contributed by atoms with Crippen molar-refractivity contribution in [2.24, 2.45) is 0 Å². The van der Waals surface area contributed by atoms with Crippen molar-refractivity contribution in [3.8, 4) is 0 Å². The fraction of sp³-hybridized carbons (Fsp3) is 1.00. The first-order valence-corrected chi connectivity index (χ1v) is 8.62. The van der Waals surface area contributed by atoms with E-state index < -0.39 is 8.32 Å². The van der Waals surface area contributed by atoms with E-state index in [2.05, 4.69) is 20.0 Å². The van der Waals surface area contributed by atoms with Gasteiger partial charge in [0.25, 0.3) is 0 Å². The van der Waals surface area contributed by atoms with Crippen molar-refractivity contribution in [3.05, 3.63) is 0 Å². The van der Waals surface area contributed by atoms with Crippen LogP contribution in [0.2, 0.25) is 19.1 Å². The van der Waals surface area contributed by atoms with Crippen LogP contribution in [-0.4, -0.2) is 33.1 Å². The Morgan fingerprint density at radius 1 is 1.50 bits per heavy atom. The summed E-state index contributed by atoms with van der Waals surface area (Å²) in [5.41, 5.74) is 0. The molecule has 0 amide bonds. The molecular weight excluding hydrogens is 219 g/mol. The Kier molecular flexibility index (Phi) is 4.48. The van der Waals surface area contributed by atoms with Crippen LogP contribution in [0.1, 0.15) is 13.3 Å². The predicted octanol–water partition coefficient (Wildman–Crippen LogP) is 1.17. The van der Waals surface area contributed by atoms with Crippen LogP contribution in [0.4, 0.5) is 0 Å². The number of hydrogen-bond donors (Lipinski definition) is 0. The van der Waals surface area contributed by atoms with Gasteiger partial charge in [-0.25, -0.2) is 0 Å². The molecule has 0 heterocycles. The normalized spacial score (nSPS) is 11.9. The van der Waals surface area contributed by atoms with Crippen molar-refractivity contribution >= 4 is 33.1 Å². The summed E-state index contributed by atoms with van der Waals surface area (Å²) in [4.78, 5) is 0. The van der Waals surface area contributed by atoms with E-state index in [0.717, 1.165) is 0 Å². The predicted molar refractivity (Wildman–Crippen MR) is 42.2 cm³/mol. The van der Waals surface area contributed by atoms with Crippen LogP contribution < -0.4 is 0 Å². The molecule has 0 spiro atoms. The summed E-state index contributed by atoms with van der Waals surface area (Å²) in [5, 5.41) is 0. The molecule has 0 aliphatic carbocycles. The van der Waals surface area contributed by atoms with Crippen LogP contribution >= 0.6 is 0 Å². The Hall–Kier alpha value is 1.05. The average molecular weight is 234 g/mol. The molecule has 0 aromatic carbocycles. The van der Waals surface area contributed by atoms with Crippen LogP contribution in [0.3, 0.4) is 0 Å². The molecule has 0 saturated carbocycles. The van der Waals surface area contributed by atoms with E-state index >= 15 is 0 Å².